The number of nitrogens with one attached hydrogen (secondary N) is 1. The van der Waals surface area contributed by atoms with E-state index in [0.717, 1.165) is 10.0 Å². The topological polar surface area (TPSA) is 32.3 Å². The van der Waals surface area contributed by atoms with E-state index in [4.69, 9.17) is 6.42 Å². The highest BCUT2D eigenvalue weighted by atomic mass is 79.9. The number of benzene rings is 1. The minimum atomic E-state index is 0.00912. The molecule has 4 heteroatoms. The van der Waals surface area contributed by atoms with Crippen LogP contribution in [0.2, 0.25) is 0 Å². The van der Waals surface area contributed by atoms with Crippen LogP contribution in [-0.2, 0) is 0 Å². The van der Waals surface area contributed by atoms with Crippen molar-refractivity contribution in [3.8, 4) is 18.1 Å². The van der Waals surface area contributed by atoms with Gasteiger partial charge in [-0.1, -0.05) is 21.9 Å². The predicted molar refractivity (Wildman–Crippen MR) is 68.8 cm³/mol. The number of phenolic OH excluding ortho intramolecular Hbond substituents is 1. The van der Waals surface area contributed by atoms with Crippen LogP contribution in [0.1, 0.15) is 18.5 Å². The molecule has 1 aromatic rings. The summed E-state index contributed by atoms with van der Waals surface area (Å²) in [5.41, 5.74) is 0.812. The van der Waals surface area contributed by atoms with Crippen LogP contribution in [-0.4, -0.2) is 11.7 Å². The van der Waals surface area contributed by atoms with E-state index >= 15 is 0 Å². The molecule has 15 heavy (non-hydrogen) atoms. The lowest BCUT2D eigenvalue weighted by atomic mass is 10.1. The summed E-state index contributed by atoms with van der Waals surface area (Å²) in [6.07, 6.45) is 5.16. The number of hydrogen-bond donors (Lipinski definition) is 2. The van der Waals surface area contributed by atoms with E-state index < -0.39 is 0 Å². The van der Waals surface area contributed by atoms with Gasteiger partial charge in [0, 0.05) is 16.1 Å². The summed E-state index contributed by atoms with van der Waals surface area (Å²) in [5.74, 6) is 2.75. The summed E-state index contributed by atoms with van der Waals surface area (Å²) in [5, 5.41) is 12.9. The van der Waals surface area contributed by atoms with Gasteiger partial charge in [-0.25, -0.2) is 0 Å². The quantitative estimate of drug-likeness (QED) is 0.833. The number of rotatable bonds is 3. The summed E-state index contributed by atoms with van der Waals surface area (Å²) in [7, 11) is 0. The predicted octanol–water partition coefficient (Wildman–Crippen LogP) is 3.20. The minimum absolute atomic E-state index is 0.00912. The largest absolute Gasteiger partial charge is 0.506 e. The monoisotopic (exact) mass is 331 g/mol. The van der Waals surface area contributed by atoms with Gasteiger partial charge in [0.15, 0.2) is 0 Å². The molecule has 2 N–H and O–H groups in total. The zero-order valence-corrected chi connectivity index (χ0v) is 11.4. The standard InChI is InChI=1S/C11H11Br2NO/c1-3-4-14-7(2)9-5-8(12)6-10(13)11(9)15/h1,5-7,14-15H,4H2,2H3. The third-order valence-electron chi connectivity index (χ3n) is 2.03. The zero-order chi connectivity index (χ0) is 11.4. The average Bonchev–Trinajstić information content (AvgIpc) is 2.19. The van der Waals surface area contributed by atoms with E-state index in [9.17, 15) is 5.11 Å². The van der Waals surface area contributed by atoms with Gasteiger partial charge in [0.05, 0.1) is 11.0 Å². The molecule has 0 aliphatic heterocycles. The van der Waals surface area contributed by atoms with Crippen LogP contribution in [0.4, 0.5) is 0 Å². The van der Waals surface area contributed by atoms with Gasteiger partial charge in [-0.05, 0) is 35.0 Å². The van der Waals surface area contributed by atoms with Gasteiger partial charge >= 0.3 is 0 Å². The molecule has 1 aromatic carbocycles. The Balaban J connectivity index is 2.98. The van der Waals surface area contributed by atoms with Crippen molar-refractivity contribution < 1.29 is 5.11 Å². The summed E-state index contributed by atoms with van der Waals surface area (Å²) >= 11 is 6.66. The van der Waals surface area contributed by atoms with Crippen molar-refractivity contribution in [2.75, 3.05) is 6.54 Å². The van der Waals surface area contributed by atoms with Crippen LogP contribution in [0.25, 0.3) is 0 Å². The first kappa shape index (κ1) is 12.6. The third kappa shape index (κ3) is 3.23. The molecular formula is C11H11Br2NO. The molecule has 0 amide bonds. The Morgan fingerprint density at radius 2 is 2.20 bits per heavy atom. The number of halogens is 2. The highest BCUT2D eigenvalue weighted by Gasteiger charge is 2.12. The van der Waals surface area contributed by atoms with E-state index in [1.54, 1.807) is 6.07 Å². The van der Waals surface area contributed by atoms with Crippen molar-refractivity contribution in [2.45, 2.75) is 13.0 Å². The van der Waals surface area contributed by atoms with Gasteiger partial charge in [0.1, 0.15) is 5.75 Å². The van der Waals surface area contributed by atoms with Crippen molar-refractivity contribution in [1.82, 2.24) is 5.32 Å². The number of phenols is 1. The fourth-order valence-electron chi connectivity index (χ4n) is 1.24. The minimum Gasteiger partial charge on any atom is -0.506 e. The summed E-state index contributed by atoms with van der Waals surface area (Å²) in [6.45, 7) is 2.43. The fraction of sp³-hybridized carbons (Fsp3) is 0.273. The molecule has 0 bridgehead atoms. The van der Waals surface area contributed by atoms with Crippen molar-refractivity contribution in [3.63, 3.8) is 0 Å². The molecule has 0 aliphatic carbocycles. The molecule has 2 nitrogen and oxygen atoms in total. The van der Waals surface area contributed by atoms with E-state index in [-0.39, 0.29) is 11.8 Å². The Morgan fingerprint density at radius 1 is 1.53 bits per heavy atom. The SMILES string of the molecule is C#CCNC(C)c1cc(Br)cc(Br)c1O. The second-order valence-corrected chi connectivity index (χ2v) is 4.90. The highest BCUT2D eigenvalue weighted by molar-refractivity contribution is 9.11. The Labute approximate surface area is 106 Å². The molecule has 80 valence electrons. The first-order valence-corrected chi connectivity index (χ1v) is 5.99. The maximum absolute atomic E-state index is 9.83. The Kier molecular flexibility index (Phi) is 4.65. The molecule has 1 rings (SSSR count). The van der Waals surface area contributed by atoms with Crippen molar-refractivity contribution in [1.29, 1.82) is 0 Å². The van der Waals surface area contributed by atoms with Gasteiger partial charge in [-0.15, -0.1) is 6.42 Å². The molecule has 0 saturated carbocycles. The van der Waals surface area contributed by atoms with Crippen LogP contribution in [0, 0.1) is 12.3 Å². The second-order valence-electron chi connectivity index (χ2n) is 3.13. The summed E-state index contributed by atoms with van der Waals surface area (Å²) in [6, 6.07) is 3.68. The van der Waals surface area contributed by atoms with E-state index in [2.05, 4.69) is 43.1 Å². The fourth-order valence-corrected chi connectivity index (χ4v) is 2.50. The lowest BCUT2D eigenvalue weighted by Crippen LogP contribution is -2.18. The molecule has 0 saturated heterocycles. The zero-order valence-electron chi connectivity index (χ0n) is 8.22. The van der Waals surface area contributed by atoms with E-state index in [0.29, 0.717) is 11.0 Å². The van der Waals surface area contributed by atoms with Gasteiger partial charge in [-0.3, -0.25) is 5.32 Å². The molecule has 0 aromatic heterocycles. The molecule has 1 atom stereocenters. The lowest BCUT2D eigenvalue weighted by Gasteiger charge is -2.15. The molecule has 0 fully saturated rings. The summed E-state index contributed by atoms with van der Waals surface area (Å²) < 4.78 is 1.58. The number of terminal acetylenes is 1. The Bertz CT molecular complexity index is 398. The number of aromatic hydroxyl groups is 1. The molecular weight excluding hydrogens is 322 g/mol. The first-order valence-electron chi connectivity index (χ1n) is 4.41. The van der Waals surface area contributed by atoms with Crippen molar-refractivity contribution >= 4 is 31.9 Å². The van der Waals surface area contributed by atoms with Gasteiger partial charge in [0.2, 0.25) is 0 Å². The molecule has 0 aliphatic rings. The van der Waals surface area contributed by atoms with Crippen LogP contribution < -0.4 is 5.32 Å². The number of hydrogen-bond acceptors (Lipinski definition) is 2. The maximum Gasteiger partial charge on any atom is 0.134 e. The smallest absolute Gasteiger partial charge is 0.134 e. The van der Waals surface area contributed by atoms with Gasteiger partial charge in [-0.2, -0.15) is 0 Å². The van der Waals surface area contributed by atoms with Crippen LogP contribution >= 0.6 is 31.9 Å². The molecule has 0 heterocycles. The van der Waals surface area contributed by atoms with E-state index in [1.807, 2.05) is 13.0 Å². The van der Waals surface area contributed by atoms with Gasteiger partial charge in [0.25, 0.3) is 0 Å². The highest BCUT2D eigenvalue weighted by Crippen LogP contribution is 2.34. The summed E-state index contributed by atoms with van der Waals surface area (Å²) in [4.78, 5) is 0. The maximum atomic E-state index is 9.83. The molecule has 1 unspecified atom stereocenters. The molecule has 0 spiro atoms. The third-order valence-corrected chi connectivity index (χ3v) is 3.10. The van der Waals surface area contributed by atoms with Crippen LogP contribution in [0.3, 0.4) is 0 Å². The van der Waals surface area contributed by atoms with Crippen molar-refractivity contribution in [3.05, 3.63) is 26.6 Å². The van der Waals surface area contributed by atoms with Crippen LogP contribution in [0.5, 0.6) is 5.75 Å². The van der Waals surface area contributed by atoms with E-state index in [1.165, 1.54) is 0 Å². The normalized spacial score (nSPS) is 12.1. The Hall–Kier alpha value is -0.500. The van der Waals surface area contributed by atoms with Crippen molar-refractivity contribution in [2.24, 2.45) is 0 Å². The van der Waals surface area contributed by atoms with Gasteiger partial charge < -0.3 is 5.11 Å². The lowest BCUT2D eigenvalue weighted by molar-refractivity contribution is 0.453. The Morgan fingerprint density at radius 3 is 2.80 bits per heavy atom. The molecule has 0 radical (unpaired) electrons. The van der Waals surface area contributed by atoms with Crippen LogP contribution in [0.15, 0.2) is 21.1 Å². The second kappa shape index (κ2) is 5.55. The average molecular weight is 333 g/mol. The first-order chi connectivity index (χ1) is 7.06.